The van der Waals surface area contributed by atoms with Crippen LogP contribution in [0.3, 0.4) is 0 Å². The highest BCUT2D eigenvalue weighted by molar-refractivity contribution is 6.33. The van der Waals surface area contributed by atoms with Gasteiger partial charge in [0.2, 0.25) is 5.91 Å². The number of rotatable bonds is 5. The van der Waals surface area contributed by atoms with Crippen LogP contribution in [0.5, 0.6) is 0 Å². The molecule has 2 amide bonds. The summed E-state index contributed by atoms with van der Waals surface area (Å²) in [6.45, 7) is 3.73. The van der Waals surface area contributed by atoms with Gasteiger partial charge in [0.25, 0.3) is 5.91 Å². The molecule has 0 spiro atoms. The quantitative estimate of drug-likeness (QED) is 0.844. The third kappa shape index (κ3) is 4.89. The highest BCUT2D eigenvalue weighted by Crippen LogP contribution is 2.22. The minimum atomic E-state index is -0.180. The first-order valence-corrected chi connectivity index (χ1v) is 9.85. The van der Waals surface area contributed by atoms with Crippen molar-refractivity contribution in [3.8, 4) is 0 Å². The first-order valence-electron chi connectivity index (χ1n) is 9.47. The van der Waals surface area contributed by atoms with Crippen molar-refractivity contribution >= 4 is 23.4 Å². The Balaban J connectivity index is 1.57. The molecule has 2 aromatic carbocycles. The fourth-order valence-corrected chi connectivity index (χ4v) is 3.62. The Morgan fingerprint density at radius 3 is 2.52 bits per heavy atom. The fraction of sp³-hybridized carbons (Fsp3) is 0.364. The molecule has 1 saturated heterocycles. The van der Waals surface area contributed by atoms with Crippen LogP contribution in [0.2, 0.25) is 5.02 Å². The zero-order chi connectivity index (χ0) is 19.2. The average Bonchev–Trinajstić information content (AvgIpc) is 2.72. The Morgan fingerprint density at radius 1 is 1.11 bits per heavy atom. The zero-order valence-corrected chi connectivity index (χ0v) is 16.3. The van der Waals surface area contributed by atoms with Crippen LogP contribution in [-0.4, -0.2) is 29.8 Å². The number of hydrogen-bond donors (Lipinski definition) is 1. The maximum atomic E-state index is 12.7. The second kappa shape index (κ2) is 9.05. The summed E-state index contributed by atoms with van der Waals surface area (Å²) < 4.78 is 0. The van der Waals surface area contributed by atoms with Gasteiger partial charge in [-0.15, -0.1) is 0 Å². The number of carbonyl (C=O) groups is 2. The standard InChI is InChI=1S/C22H25ClN2O2/c1-2-16-9-11-17(12-10-16)14-24-21(26)18-6-5-13-25(15-18)22(27)19-7-3-4-8-20(19)23/h3-4,7-12,18H,2,5-6,13-15H2,1H3,(H,24,26)/t18-/m1/s1. The Bertz CT molecular complexity index is 804. The highest BCUT2D eigenvalue weighted by atomic mass is 35.5. The van der Waals surface area contributed by atoms with Crippen LogP contribution in [0.1, 0.15) is 41.3 Å². The number of nitrogens with one attached hydrogen (secondary N) is 1. The molecule has 1 aliphatic heterocycles. The van der Waals surface area contributed by atoms with Gasteiger partial charge in [-0.3, -0.25) is 9.59 Å². The minimum Gasteiger partial charge on any atom is -0.352 e. The van der Waals surface area contributed by atoms with Gasteiger partial charge in [-0.2, -0.15) is 0 Å². The van der Waals surface area contributed by atoms with E-state index in [2.05, 4.69) is 24.4 Å². The molecular weight excluding hydrogens is 360 g/mol. The molecule has 5 heteroatoms. The molecule has 1 aliphatic rings. The normalized spacial score (nSPS) is 16.8. The van der Waals surface area contributed by atoms with Crippen LogP contribution >= 0.6 is 11.6 Å². The summed E-state index contributed by atoms with van der Waals surface area (Å²) in [6, 6.07) is 15.3. The SMILES string of the molecule is CCc1ccc(CNC(=O)[C@@H]2CCCN(C(=O)c3ccccc3Cl)C2)cc1. The smallest absolute Gasteiger partial charge is 0.255 e. The number of halogens is 1. The molecule has 27 heavy (non-hydrogen) atoms. The predicted octanol–water partition coefficient (Wildman–Crippen LogP) is 4.07. The van der Waals surface area contributed by atoms with Crippen molar-refractivity contribution < 1.29 is 9.59 Å². The van der Waals surface area contributed by atoms with E-state index in [4.69, 9.17) is 11.6 Å². The van der Waals surface area contributed by atoms with Crippen molar-refractivity contribution in [3.05, 3.63) is 70.2 Å². The zero-order valence-electron chi connectivity index (χ0n) is 15.6. The number of amides is 2. The molecule has 2 aromatic rings. The van der Waals surface area contributed by atoms with Crippen molar-refractivity contribution in [2.75, 3.05) is 13.1 Å². The van der Waals surface area contributed by atoms with Gasteiger partial charge in [0, 0.05) is 19.6 Å². The summed E-state index contributed by atoms with van der Waals surface area (Å²) in [5.41, 5.74) is 2.86. The molecule has 0 aromatic heterocycles. The van der Waals surface area contributed by atoms with Gasteiger partial charge in [-0.05, 0) is 42.5 Å². The Kier molecular flexibility index (Phi) is 6.51. The van der Waals surface area contributed by atoms with Crippen molar-refractivity contribution in [1.29, 1.82) is 0 Å². The minimum absolute atomic E-state index is 0.00577. The predicted molar refractivity (Wildman–Crippen MR) is 108 cm³/mol. The van der Waals surface area contributed by atoms with Crippen LogP contribution in [-0.2, 0) is 17.8 Å². The molecule has 142 valence electrons. The van der Waals surface area contributed by atoms with Gasteiger partial charge < -0.3 is 10.2 Å². The summed E-state index contributed by atoms with van der Waals surface area (Å²) in [7, 11) is 0. The van der Waals surface area contributed by atoms with Crippen LogP contribution in [0.15, 0.2) is 48.5 Å². The molecule has 0 saturated carbocycles. The van der Waals surface area contributed by atoms with Crippen molar-refractivity contribution in [3.63, 3.8) is 0 Å². The third-order valence-corrected chi connectivity index (χ3v) is 5.41. The Labute approximate surface area is 165 Å². The number of carbonyl (C=O) groups excluding carboxylic acids is 2. The molecular formula is C22H25ClN2O2. The summed E-state index contributed by atoms with van der Waals surface area (Å²) in [5, 5.41) is 3.46. The van der Waals surface area contributed by atoms with Gasteiger partial charge in [0.05, 0.1) is 16.5 Å². The second-order valence-electron chi connectivity index (χ2n) is 6.96. The van der Waals surface area contributed by atoms with Gasteiger partial charge in [0.15, 0.2) is 0 Å². The fourth-order valence-electron chi connectivity index (χ4n) is 3.41. The van der Waals surface area contributed by atoms with E-state index in [9.17, 15) is 9.59 Å². The number of benzene rings is 2. The molecule has 0 aliphatic carbocycles. The van der Waals surface area contributed by atoms with Crippen LogP contribution < -0.4 is 5.32 Å². The van der Waals surface area contributed by atoms with E-state index < -0.39 is 0 Å². The van der Waals surface area contributed by atoms with E-state index >= 15 is 0 Å². The molecule has 1 fully saturated rings. The van der Waals surface area contributed by atoms with Crippen LogP contribution in [0, 0.1) is 5.92 Å². The first-order chi connectivity index (χ1) is 13.1. The lowest BCUT2D eigenvalue weighted by Gasteiger charge is -2.32. The molecule has 1 N–H and O–H groups in total. The van der Waals surface area contributed by atoms with Crippen LogP contribution in [0.25, 0.3) is 0 Å². The third-order valence-electron chi connectivity index (χ3n) is 5.08. The van der Waals surface area contributed by atoms with Crippen molar-refractivity contribution in [1.82, 2.24) is 10.2 Å². The maximum absolute atomic E-state index is 12.7. The van der Waals surface area contributed by atoms with Crippen LogP contribution in [0.4, 0.5) is 0 Å². The Morgan fingerprint density at radius 2 is 1.81 bits per heavy atom. The van der Waals surface area contributed by atoms with E-state index in [1.54, 1.807) is 29.2 Å². The number of hydrogen-bond acceptors (Lipinski definition) is 2. The van der Waals surface area contributed by atoms with E-state index in [0.29, 0.717) is 30.2 Å². The molecule has 4 nitrogen and oxygen atoms in total. The highest BCUT2D eigenvalue weighted by Gasteiger charge is 2.29. The second-order valence-corrected chi connectivity index (χ2v) is 7.37. The Hall–Kier alpha value is -2.33. The maximum Gasteiger partial charge on any atom is 0.255 e. The lowest BCUT2D eigenvalue weighted by molar-refractivity contribution is -0.126. The van der Waals surface area contributed by atoms with E-state index in [1.807, 2.05) is 12.1 Å². The molecule has 3 rings (SSSR count). The van der Waals surface area contributed by atoms with E-state index in [1.165, 1.54) is 5.56 Å². The summed E-state index contributed by atoms with van der Waals surface area (Å²) in [5.74, 6) is -0.278. The average molecular weight is 385 g/mol. The van der Waals surface area contributed by atoms with Crippen molar-refractivity contribution in [2.45, 2.75) is 32.7 Å². The summed E-state index contributed by atoms with van der Waals surface area (Å²) in [6.07, 6.45) is 2.62. The molecule has 0 bridgehead atoms. The topological polar surface area (TPSA) is 49.4 Å². The van der Waals surface area contributed by atoms with Crippen molar-refractivity contribution in [2.24, 2.45) is 5.92 Å². The number of likely N-dealkylation sites (tertiary alicyclic amines) is 1. The number of aryl methyl sites for hydroxylation is 1. The molecule has 0 unspecified atom stereocenters. The number of nitrogens with zero attached hydrogens (tertiary/aromatic N) is 1. The monoisotopic (exact) mass is 384 g/mol. The lowest BCUT2D eigenvalue weighted by Crippen LogP contribution is -2.45. The summed E-state index contributed by atoms with van der Waals surface area (Å²) >= 11 is 6.15. The van der Waals surface area contributed by atoms with E-state index in [-0.39, 0.29) is 17.7 Å². The summed E-state index contributed by atoms with van der Waals surface area (Å²) in [4.78, 5) is 27.1. The first kappa shape index (κ1) is 19.4. The molecule has 1 atom stereocenters. The lowest BCUT2D eigenvalue weighted by atomic mass is 9.96. The molecule has 0 radical (unpaired) electrons. The van der Waals surface area contributed by atoms with Gasteiger partial charge >= 0.3 is 0 Å². The van der Waals surface area contributed by atoms with Gasteiger partial charge in [-0.1, -0.05) is 54.9 Å². The molecule has 1 heterocycles. The van der Waals surface area contributed by atoms with Gasteiger partial charge in [0.1, 0.15) is 0 Å². The largest absolute Gasteiger partial charge is 0.352 e. The van der Waals surface area contributed by atoms with E-state index in [0.717, 1.165) is 24.8 Å². The number of piperidine rings is 1. The van der Waals surface area contributed by atoms with Gasteiger partial charge in [-0.25, -0.2) is 0 Å².